The summed E-state index contributed by atoms with van der Waals surface area (Å²) in [6, 6.07) is 0. The third-order valence-corrected chi connectivity index (χ3v) is 12.4. The molecule has 0 aliphatic rings. The summed E-state index contributed by atoms with van der Waals surface area (Å²) in [5, 5.41) is 9.66. The molecule has 0 heterocycles. The van der Waals surface area contributed by atoms with E-state index < -0.39 is 24.3 Å². The van der Waals surface area contributed by atoms with Gasteiger partial charge in [-0.15, -0.1) is 0 Å². The second-order valence-electron chi connectivity index (χ2n) is 20.6. The highest BCUT2D eigenvalue weighted by Gasteiger charge is 2.25. The number of nitrogens with zero attached hydrogens (tertiary/aromatic N) is 1. The van der Waals surface area contributed by atoms with E-state index in [2.05, 4.69) is 111 Å². The molecule has 0 radical (unpaired) electrons. The highest BCUT2D eigenvalue weighted by Crippen LogP contribution is 2.16. The molecular formula is C64H110NO8+. The van der Waals surface area contributed by atoms with E-state index in [1.165, 1.54) is 116 Å². The summed E-state index contributed by atoms with van der Waals surface area (Å²) in [6.45, 7) is 4.73. The smallest absolute Gasteiger partial charge is 0.361 e. The number of rotatable bonds is 53. The number of carboxylic acid groups (broad SMARTS) is 1. The van der Waals surface area contributed by atoms with Crippen molar-refractivity contribution < 1.29 is 42.9 Å². The number of hydrogen-bond donors (Lipinski definition) is 1. The second kappa shape index (κ2) is 54.5. The van der Waals surface area contributed by atoms with Crippen molar-refractivity contribution in [1.29, 1.82) is 0 Å². The molecule has 9 nitrogen and oxygen atoms in total. The van der Waals surface area contributed by atoms with E-state index in [1.54, 1.807) is 0 Å². The molecule has 0 aromatic rings. The van der Waals surface area contributed by atoms with Gasteiger partial charge in [-0.3, -0.25) is 9.59 Å². The molecule has 0 saturated carbocycles. The first-order valence-electron chi connectivity index (χ1n) is 29.4. The van der Waals surface area contributed by atoms with Crippen LogP contribution >= 0.6 is 0 Å². The van der Waals surface area contributed by atoms with Gasteiger partial charge in [0, 0.05) is 12.8 Å². The van der Waals surface area contributed by atoms with Crippen molar-refractivity contribution in [2.45, 2.75) is 245 Å². The number of carbonyl (C=O) groups excluding carboxylic acids is 2. The van der Waals surface area contributed by atoms with Gasteiger partial charge in [0.2, 0.25) is 0 Å². The van der Waals surface area contributed by atoms with Crippen LogP contribution in [0.1, 0.15) is 232 Å². The summed E-state index contributed by atoms with van der Waals surface area (Å²) < 4.78 is 22.8. The molecule has 0 aromatic heterocycles. The zero-order valence-electron chi connectivity index (χ0n) is 47.5. The molecular weight excluding hydrogens is 911 g/mol. The van der Waals surface area contributed by atoms with Crippen LogP contribution in [0.4, 0.5) is 0 Å². The van der Waals surface area contributed by atoms with Gasteiger partial charge < -0.3 is 28.5 Å². The molecule has 9 heteroatoms. The Balaban J connectivity index is 4.01. The van der Waals surface area contributed by atoms with Gasteiger partial charge in [-0.2, -0.15) is 0 Å². The van der Waals surface area contributed by atoms with Crippen LogP contribution < -0.4 is 0 Å². The number of ether oxygens (including phenoxy) is 4. The summed E-state index contributed by atoms with van der Waals surface area (Å²) in [6.07, 6.45) is 70.9. The number of allylic oxidation sites excluding steroid dienone is 16. The molecule has 2 atom stereocenters. The molecule has 0 bridgehead atoms. The van der Waals surface area contributed by atoms with E-state index in [9.17, 15) is 19.5 Å². The molecule has 418 valence electrons. The van der Waals surface area contributed by atoms with E-state index in [0.717, 1.165) is 89.9 Å². The van der Waals surface area contributed by atoms with Gasteiger partial charge >= 0.3 is 17.9 Å². The zero-order chi connectivity index (χ0) is 53.4. The maximum absolute atomic E-state index is 12.8. The van der Waals surface area contributed by atoms with Crippen LogP contribution in [-0.2, 0) is 33.3 Å². The Morgan fingerprint density at radius 3 is 1.16 bits per heavy atom. The van der Waals surface area contributed by atoms with Crippen LogP contribution in [0.2, 0.25) is 0 Å². The Bertz CT molecular complexity index is 1520. The minimum atomic E-state index is -1.51. The lowest BCUT2D eigenvalue weighted by Crippen LogP contribution is -2.40. The minimum Gasteiger partial charge on any atom is -0.477 e. The van der Waals surface area contributed by atoms with Crippen LogP contribution in [0.3, 0.4) is 0 Å². The monoisotopic (exact) mass is 1020 g/mol. The van der Waals surface area contributed by atoms with Crippen molar-refractivity contribution in [3.63, 3.8) is 0 Å². The Morgan fingerprint density at radius 1 is 0.425 bits per heavy atom. The van der Waals surface area contributed by atoms with Crippen molar-refractivity contribution in [2.75, 3.05) is 47.5 Å². The molecule has 1 N–H and O–H groups in total. The van der Waals surface area contributed by atoms with Gasteiger partial charge in [0.05, 0.1) is 34.4 Å². The lowest BCUT2D eigenvalue weighted by molar-refractivity contribution is -0.870. The molecule has 0 aromatic carbocycles. The molecule has 0 aliphatic carbocycles. The van der Waals surface area contributed by atoms with Crippen LogP contribution in [0.15, 0.2) is 97.2 Å². The number of unbranched alkanes of at least 4 members (excludes halogenated alkanes) is 22. The van der Waals surface area contributed by atoms with Crippen molar-refractivity contribution >= 4 is 17.9 Å². The van der Waals surface area contributed by atoms with Gasteiger partial charge in [0.15, 0.2) is 6.10 Å². The normalized spacial score (nSPS) is 13.5. The molecule has 0 fully saturated rings. The molecule has 0 amide bonds. The van der Waals surface area contributed by atoms with Gasteiger partial charge in [-0.25, -0.2) is 4.79 Å². The Labute approximate surface area is 448 Å². The third kappa shape index (κ3) is 55.8. The van der Waals surface area contributed by atoms with Crippen molar-refractivity contribution in [3.8, 4) is 0 Å². The number of carbonyl (C=O) groups is 3. The number of esters is 2. The maximum Gasteiger partial charge on any atom is 0.361 e. The van der Waals surface area contributed by atoms with Crippen molar-refractivity contribution in [3.05, 3.63) is 97.2 Å². The average Bonchev–Trinajstić information content (AvgIpc) is 3.36. The number of hydrogen-bond acceptors (Lipinski definition) is 7. The highest BCUT2D eigenvalue weighted by molar-refractivity contribution is 5.71. The number of carboxylic acids is 1. The lowest BCUT2D eigenvalue weighted by Gasteiger charge is -2.25. The van der Waals surface area contributed by atoms with E-state index in [-0.39, 0.29) is 32.2 Å². The summed E-state index contributed by atoms with van der Waals surface area (Å²) in [5.41, 5.74) is 0. The fourth-order valence-corrected chi connectivity index (χ4v) is 7.85. The first kappa shape index (κ1) is 69.2. The molecule has 2 unspecified atom stereocenters. The van der Waals surface area contributed by atoms with Crippen LogP contribution in [0.5, 0.6) is 0 Å². The van der Waals surface area contributed by atoms with Crippen molar-refractivity contribution in [2.24, 2.45) is 0 Å². The van der Waals surface area contributed by atoms with Gasteiger partial charge in [0.25, 0.3) is 6.29 Å². The first-order valence-corrected chi connectivity index (χ1v) is 29.4. The molecule has 0 aliphatic heterocycles. The highest BCUT2D eigenvalue weighted by atomic mass is 16.7. The molecule has 73 heavy (non-hydrogen) atoms. The summed E-state index contributed by atoms with van der Waals surface area (Å²) in [7, 11) is 5.96. The number of likely N-dealkylation sites (N-methyl/N-ethyl adjacent to an activating group) is 1. The molecule has 0 saturated heterocycles. The second-order valence-corrected chi connectivity index (χ2v) is 20.6. The average molecular weight is 1020 g/mol. The largest absolute Gasteiger partial charge is 0.477 e. The first-order chi connectivity index (χ1) is 35.6. The summed E-state index contributed by atoms with van der Waals surface area (Å²) in [4.78, 5) is 37.2. The maximum atomic E-state index is 12.8. The standard InChI is InChI=1S/C64H109NO8/c1-6-8-10-12-14-16-17-18-19-20-21-22-23-24-25-26-27-28-29-30-31-32-33-34-35-36-37-38-39-40-41-42-43-44-45-47-49-51-53-55-62(67)73-60(59-72-64(63(68)69)70-57-56-65(3,4)5)58-71-61(66)54-52-50-48-46-15-13-11-9-7-2/h8,10,14,16,18-19,21-22,24-25,27-28,30-31,33-34,60,64H,6-7,9,11-13,15,17,20,23,26,29,32,35-59H2,1-5H3/p+1/b10-8-,16-14-,19-18-,22-21-,25-24-,28-27-,31-30-,34-33-. The van der Waals surface area contributed by atoms with Gasteiger partial charge in [-0.05, 0) is 77.0 Å². The Hall–Kier alpha value is -3.79. The van der Waals surface area contributed by atoms with E-state index in [1.807, 2.05) is 21.1 Å². The molecule has 0 spiro atoms. The van der Waals surface area contributed by atoms with Crippen molar-refractivity contribution in [1.82, 2.24) is 0 Å². The van der Waals surface area contributed by atoms with Gasteiger partial charge in [-0.1, -0.05) is 239 Å². The topological polar surface area (TPSA) is 108 Å². The van der Waals surface area contributed by atoms with Crippen LogP contribution in [0.25, 0.3) is 0 Å². The third-order valence-electron chi connectivity index (χ3n) is 12.4. The Morgan fingerprint density at radius 2 is 0.781 bits per heavy atom. The molecule has 0 rings (SSSR count). The minimum absolute atomic E-state index is 0.183. The SMILES string of the molecule is CC/C=C\C/C=C\C/C=C\C/C=C\C/C=C\C/C=C\C/C=C\C/C=C\CCCCCCCCCCCCCCCCC(=O)OC(COC(=O)CCCCCCCCCCC)COC(OCC[N+](C)(C)C)C(=O)O. The number of quaternary nitrogens is 1. The summed E-state index contributed by atoms with van der Waals surface area (Å²) in [5.74, 6) is -2.01. The predicted molar refractivity (Wildman–Crippen MR) is 309 cm³/mol. The number of aliphatic carboxylic acids is 1. The fourth-order valence-electron chi connectivity index (χ4n) is 7.85. The van der Waals surface area contributed by atoms with Gasteiger partial charge in [0.1, 0.15) is 13.2 Å². The van der Waals surface area contributed by atoms with Crippen LogP contribution in [-0.4, -0.2) is 87.4 Å². The van der Waals surface area contributed by atoms with E-state index in [0.29, 0.717) is 17.4 Å². The predicted octanol–water partition coefficient (Wildman–Crippen LogP) is 17.3. The van der Waals surface area contributed by atoms with E-state index >= 15 is 0 Å². The zero-order valence-corrected chi connectivity index (χ0v) is 47.5. The van der Waals surface area contributed by atoms with Crippen LogP contribution in [0, 0.1) is 0 Å². The summed E-state index contributed by atoms with van der Waals surface area (Å²) >= 11 is 0. The fraction of sp³-hybridized carbons (Fsp3) is 0.703. The van der Waals surface area contributed by atoms with E-state index in [4.69, 9.17) is 18.9 Å². The Kier molecular flexibility index (Phi) is 51.6. The lowest BCUT2D eigenvalue weighted by atomic mass is 10.0. The quantitative estimate of drug-likeness (QED) is 0.0211.